The largest absolute Gasteiger partial charge is 0.357 e. The number of H-pyrrole nitrogens is 1. The molecule has 3 nitrogen and oxygen atoms in total. The van der Waals surface area contributed by atoms with Gasteiger partial charge >= 0.3 is 0 Å². The third kappa shape index (κ3) is 3.63. The lowest BCUT2D eigenvalue weighted by Gasteiger charge is -2.53. The Bertz CT molecular complexity index is 1100. The fourth-order valence-electron chi connectivity index (χ4n) is 6.33. The summed E-state index contributed by atoms with van der Waals surface area (Å²) in [5, 5.41) is 1.33. The molecular weight excluding hydrogens is 392 g/mol. The molecule has 1 aromatic heterocycles. The molecule has 5 rings (SSSR count). The summed E-state index contributed by atoms with van der Waals surface area (Å²) in [6, 6.07) is 20.0. The van der Waals surface area contributed by atoms with E-state index in [-0.39, 0.29) is 12.0 Å². The second-order valence-corrected chi connectivity index (χ2v) is 9.53. The number of carbonyl (C=O) groups is 1. The van der Waals surface area contributed by atoms with E-state index >= 15 is 0 Å². The topological polar surface area (TPSA) is 36.1 Å². The SMILES string of the molecule is CC/C=C/[C@H](CC)C1C[C@H]2c3[nH]c4ccccc4c3C[C@@H]([C@H]1C=O)N2Cc1ccccc1. The van der Waals surface area contributed by atoms with Crippen LogP contribution >= 0.6 is 0 Å². The summed E-state index contributed by atoms with van der Waals surface area (Å²) in [7, 11) is 0. The van der Waals surface area contributed by atoms with Crippen molar-refractivity contribution in [2.45, 2.75) is 58.2 Å². The van der Waals surface area contributed by atoms with E-state index in [1.54, 1.807) is 0 Å². The van der Waals surface area contributed by atoms with E-state index in [1.807, 2.05) is 0 Å². The van der Waals surface area contributed by atoms with Gasteiger partial charge in [0.05, 0.1) is 6.04 Å². The minimum absolute atomic E-state index is 0.0585. The normalized spacial score (nSPS) is 26.3. The molecule has 3 heterocycles. The van der Waals surface area contributed by atoms with Crippen LogP contribution in [0.25, 0.3) is 10.9 Å². The van der Waals surface area contributed by atoms with E-state index in [2.05, 4.69) is 90.5 Å². The molecule has 2 aromatic carbocycles. The molecule has 0 amide bonds. The van der Waals surface area contributed by atoms with Gasteiger partial charge in [0, 0.05) is 35.1 Å². The zero-order chi connectivity index (χ0) is 22.1. The Balaban J connectivity index is 1.59. The number of hydrogen-bond acceptors (Lipinski definition) is 2. The Labute approximate surface area is 191 Å². The van der Waals surface area contributed by atoms with Crippen molar-refractivity contribution in [2.75, 3.05) is 0 Å². The fourth-order valence-corrected chi connectivity index (χ4v) is 6.33. The first-order valence-electron chi connectivity index (χ1n) is 12.3. The van der Waals surface area contributed by atoms with Gasteiger partial charge in [-0.15, -0.1) is 0 Å². The van der Waals surface area contributed by atoms with Crippen LogP contribution in [0.3, 0.4) is 0 Å². The van der Waals surface area contributed by atoms with E-state index < -0.39 is 0 Å². The van der Waals surface area contributed by atoms with Gasteiger partial charge in [-0.1, -0.05) is 74.5 Å². The summed E-state index contributed by atoms with van der Waals surface area (Å²) < 4.78 is 0. The van der Waals surface area contributed by atoms with Gasteiger partial charge in [-0.2, -0.15) is 0 Å². The first kappa shape index (κ1) is 21.2. The molecule has 0 radical (unpaired) electrons. The number of hydrogen-bond donors (Lipinski definition) is 1. The quantitative estimate of drug-likeness (QED) is 0.347. The van der Waals surface area contributed by atoms with Crippen molar-refractivity contribution < 1.29 is 4.79 Å². The molecule has 2 aliphatic heterocycles. The predicted octanol–water partition coefficient (Wildman–Crippen LogP) is 6.46. The van der Waals surface area contributed by atoms with Gasteiger partial charge in [0.2, 0.25) is 0 Å². The summed E-state index contributed by atoms with van der Waals surface area (Å²) in [5.41, 5.74) is 5.36. The Morgan fingerprint density at radius 2 is 1.88 bits per heavy atom. The third-order valence-electron chi connectivity index (χ3n) is 7.86. The minimum atomic E-state index is 0.0585. The molecule has 0 saturated carbocycles. The van der Waals surface area contributed by atoms with E-state index in [9.17, 15) is 4.79 Å². The Hall–Kier alpha value is -2.65. The Morgan fingerprint density at radius 3 is 2.62 bits per heavy atom. The van der Waals surface area contributed by atoms with Crippen molar-refractivity contribution in [3.05, 3.63) is 83.6 Å². The van der Waals surface area contributed by atoms with E-state index in [0.717, 1.165) is 32.2 Å². The number of rotatable bonds is 7. The average Bonchev–Trinajstić information content (AvgIpc) is 3.19. The highest BCUT2D eigenvalue weighted by molar-refractivity contribution is 5.85. The van der Waals surface area contributed by atoms with Gasteiger partial charge in [-0.05, 0) is 54.7 Å². The molecule has 0 spiro atoms. The summed E-state index contributed by atoms with van der Waals surface area (Å²) in [5.74, 6) is 0.907. The number of piperidine rings is 1. The first-order valence-corrected chi connectivity index (χ1v) is 12.3. The number of nitrogens with one attached hydrogen (secondary N) is 1. The summed E-state index contributed by atoms with van der Waals surface area (Å²) in [4.78, 5) is 19.0. The summed E-state index contributed by atoms with van der Waals surface area (Å²) in [6.07, 6.45) is 10.1. The highest BCUT2D eigenvalue weighted by Gasteiger charge is 2.49. The van der Waals surface area contributed by atoms with Crippen LogP contribution in [0.5, 0.6) is 0 Å². The molecule has 5 atom stereocenters. The smallest absolute Gasteiger partial charge is 0.124 e. The molecule has 1 unspecified atom stereocenters. The molecule has 3 heteroatoms. The number of nitrogens with zero attached hydrogens (tertiary/aromatic N) is 1. The molecule has 3 aromatic rings. The van der Waals surface area contributed by atoms with Crippen LogP contribution in [0.4, 0.5) is 0 Å². The van der Waals surface area contributed by atoms with Crippen molar-refractivity contribution >= 4 is 17.2 Å². The van der Waals surface area contributed by atoms with Gasteiger partial charge in [-0.3, -0.25) is 4.90 Å². The van der Waals surface area contributed by atoms with Crippen LogP contribution in [-0.4, -0.2) is 22.2 Å². The van der Waals surface area contributed by atoms with Crippen LogP contribution < -0.4 is 0 Å². The van der Waals surface area contributed by atoms with Crippen molar-refractivity contribution in [3.63, 3.8) is 0 Å². The summed E-state index contributed by atoms with van der Waals surface area (Å²) >= 11 is 0. The van der Waals surface area contributed by atoms with Crippen molar-refractivity contribution in [3.8, 4) is 0 Å². The minimum Gasteiger partial charge on any atom is -0.357 e. The maximum Gasteiger partial charge on any atom is 0.124 e. The Morgan fingerprint density at radius 1 is 1.09 bits per heavy atom. The average molecular weight is 427 g/mol. The second-order valence-electron chi connectivity index (χ2n) is 9.53. The van der Waals surface area contributed by atoms with Gasteiger partial charge in [-0.25, -0.2) is 0 Å². The lowest BCUT2D eigenvalue weighted by atomic mass is 9.66. The van der Waals surface area contributed by atoms with Gasteiger partial charge in [0.25, 0.3) is 0 Å². The zero-order valence-corrected chi connectivity index (χ0v) is 19.2. The molecule has 166 valence electrons. The molecule has 1 fully saturated rings. The Kier molecular flexibility index (Phi) is 6.01. The van der Waals surface area contributed by atoms with E-state index in [0.29, 0.717) is 17.9 Å². The van der Waals surface area contributed by atoms with Gasteiger partial charge in [0.1, 0.15) is 6.29 Å². The lowest BCUT2D eigenvalue weighted by molar-refractivity contribution is -0.121. The maximum atomic E-state index is 12.6. The number of aromatic amines is 1. The third-order valence-corrected chi connectivity index (χ3v) is 7.86. The van der Waals surface area contributed by atoms with Crippen LogP contribution in [0, 0.1) is 17.8 Å². The predicted molar refractivity (Wildman–Crippen MR) is 131 cm³/mol. The molecule has 1 N–H and O–H groups in total. The van der Waals surface area contributed by atoms with Gasteiger partial charge in [0.15, 0.2) is 0 Å². The fraction of sp³-hybridized carbons (Fsp3) is 0.414. The van der Waals surface area contributed by atoms with E-state index in [4.69, 9.17) is 0 Å². The highest BCUT2D eigenvalue weighted by Crippen LogP contribution is 2.50. The van der Waals surface area contributed by atoms with Gasteiger partial charge < -0.3 is 9.78 Å². The summed E-state index contributed by atoms with van der Waals surface area (Å²) in [6.45, 7) is 5.35. The number of benzene rings is 2. The van der Waals surface area contributed by atoms with Crippen LogP contribution in [0.1, 0.15) is 56.0 Å². The van der Waals surface area contributed by atoms with Crippen molar-refractivity contribution in [1.29, 1.82) is 0 Å². The maximum absolute atomic E-state index is 12.6. The molecule has 1 saturated heterocycles. The molecular formula is C29H34N2O. The number of carbonyl (C=O) groups excluding carboxylic acids is 1. The molecule has 2 aliphatic rings. The van der Waals surface area contributed by atoms with Crippen LogP contribution in [-0.2, 0) is 17.8 Å². The molecule has 0 aliphatic carbocycles. The highest BCUT2D eigenvalue weighted by atomic mass is 16.1. The zero-order valence-electron chi connectivity index (χ0n) is 19.2. The van der Waals surface area contributed by atoms with Crippen molar-refractivity contribution in [2.24, 2.45) is 17.8 Å². The van der Waals surface area contributed by atoms with E-state index in [1.165, 1.54) is 34.0 Å². The molecule has 32 heavy (non-hydrogen) atoms. The van der Waals surface area contributed by atoms with Crippen molar-refractivity contribution in [1.82, 2.24) is 9.88 Å². The first-order chi connectivity index (χ1) is 15.7. The monoisotopic (exact) mass is 426 g/mol. The second kappa shape index (κ2) is 9.07. The number of fused-ring (bicyclic) bond motifs is 6. The number of aromatic nitrogens is 1. The number of para-hydroxylation sites is 1. The number of aldehydes is 1. The molecule has 2 bridgehead atoms. The lowest BCUT2D eigenvalue weighted by Crippen LogP contribution is -2.55. The van der Waals surface area contributed by atoms with Crippen LogP contribution in [0.2, 0.25) is 0 Å². The standard InChI is InChI=1S/C29H34N2O/c1-3-5-13-21(4-2)23-16-28-29-24(22-14-9-10-15-26(22)30-29)17-27(25(23)19-32)31(28)18-20-11-7-6-8-12-20/h5-15,19,21,23,25,27-28,30H,3-4,16-18H2,1-2H3/b13-5+/t21-,23?,25-,27-,28-/m0/s1. The number of allylic oxidation sites excluding steroid dienone is 2. The van der Waals surface area contributed by atoms with Crippen LogP contribution in [0.15, 0.2) is 66.7 Å².